The summed E-state index contributed by atoms with van der Waals surface area (Å²) in [6.07, 6.45) is 1.11. The number of hydrogen-bond acceptors (Lipinski definition) is 1. The second-order valence-corrected chi connectivity index (χ2v) is 5.41. The first-order chi connectivity index (χ1) is 8.33. The minimum absolute atomic E-state index is 0.604. The van der Waals surface area contributed by atoms with Crippen LogP contribution >= 0.6 is 15.9 Å². The van der Waals surface area contributed by atoms with E-state index in [1.165, 1.54) is 16.8 Å². The largest absolute Gasteiger partial charge is 0.384 e. The lowest BCUT2D eigenvalue weighted by molar-refractivity contribution is 0.752. The highest BCUT2D eigenvalue weighted by atomic mass is 79.9. The summed E-state index contributed by atoms with van der Waals surface area (Å²) in [5.41, 5.74) is 4.15. The van der Waals surface area contributed by atoms with E-state index in [1.54, 1.807) is 0 Å². The molecule has 1 unspecified atom stereocenters. The van der Waals surface area contributed by atoms with Gasteiger partial charge in [-0.15, -0.1) is 0 Å². The standard InChI is InChI=1S/C15H14BrN/c16-13-7-5-11(6-8-13)9-12-10-17-15-4-2-1-3-14(12)15/h1-8,12,17H,9-10H2. The Labute approximate surface area is 110 Å². The Morgan fingerprint density at radius 3 is 2.65 bits per heavy atom. The minimum Gasteiger partial charge on any atom is -0.384 e. The quantitative estimate of drug-likeness (QED) is 0.873. The molecule has 1 atom stereocenters. The van der Waals surface area contributed by atoms with Gasteiger partial charge in [0.05, 0.1) is 0 Å². The monoisotopic (exact) mass is 287 g/mol. The molecule has 0 bridgehead atoms. The molecule has 3 rings (SSSR count). The highest BCUT2D eigenvalue weighted by Gasteiger charge is 2.21. The Bertz CT molecular complexity index is 519. The second kappa shape index (κ2) is 4.53. The number of halogens is 1. The van der Waals surface area contributed by atoms with Crippen LogP contribution in [0.3, 0.4) is 0 Å². The fourth-order valence-corrected chi connectivity index (χ4v) is 2.71. The SMILES string of the molecule is Brc1ccc(CC2CNc3ccccc32)cc1. The van der Waals surface area contributed by atoms with Crippen LogP contribution in [-0.2, 0) is 6.42 Å². The van der Waals surface area contributed by atoms with Crippen LogP contribution in [-0.4, -0.2) is 6.54 Å². The number of fused-ring (bicyclic) bond motifs is 1. The van der Waals surface area contributed by atoms with E-state index in [0.29, 0.717) is 5.92 Å². The lowest BCUT2D eigenvalue weighted by Gasteiger charge is -2.10. The minimum atomic E-state index is 0.604. The lowest BCUT2D eigenvalue weighted by Crippen LogP contribution is -2.05. The van der Waals surface area contributed by atoms with Crippen LogP contribution in [0, 0.1) is 0 Å². The highest BCUT2D eigenvalue weighted by molar-refractivity contribution is 9.10. The zero-order valence-electron chi connectivity index (χ0n) is 9.49. The van der Waals surface area contributed by atoms with Gasteiger partial charge in [0.15, 0.2) is 0 Å². The van der Waals surface area contributed by atoms with Crippen LogP contribution < -0.4 is 5.32 Å². The van der Waals surface area contributed by atoms with Crippen LogP contribution in [0.25, 0.3) is 0 Å². The van der Waals surface area contributed by atoms with Gasteiger partial charge in [-0.25, -0.2) is 0 Å². The highest BCUT2D eigenvalue weighted by Crippen LogP contribution is 2.33. The van der Waals surface area contributed by atoms with E-state index in [-0.39, 0.29) is 0 Å². The van der Waals surface area contributed by atoms with Crippen LogP contribution in [0.4, 0.5) is 5.69 Å². The predicted molar refractivity (Wildman–Crippen MR) is 75.5 cm³/mol. The van der Waals surface area contributed by atoms with Crippen molar-refractivity contribution in [2.75, 3.05) is 11.9 Å². The fourth-order valence-electron chi connectivity index (χ4n) is 2.44. The summed E-state index contributed by atoms with van der Waals surface area (Å²) < 4.78 is 1.14. The molecule has 17 heavy (non-hydrogen) atoms. The first-order valence-corrected chi connectivity index (χ1v) is 6.69. The molecule has 0 radical (unpaired) electrons. The molecule has 0 saturated carbocycles. The van der Waals surface area contributed by atoms with Gasteiger partial charge in [-0.3, -0.25) is 0 Å². The third kappa shape index (κ3) is 2.22. The van der Waals surface area contributed by atoms with Crippen molar-refractivity contribution in [3.63, 3.8) is 0 Å². The molecule has 0 spiro atoms. The van der Waals surface area contributed by atoms with Crippen LogP contribution in [0.15, 0.2) is 53.0 Å². The molecule has 0 saturated heterocycles. The van der Waals surface area contributed by atoms with E-state index < -0.39 is 0 Å². The van der Waals surface area contributed by atoms with E-state index in [1.807, 2.05) is 0 Å². The first-order valence-electron chi connectivity index (χ1n) is 5.90. The molecule has 1 aliphatic rings. The first kappa shape index (κ1) is 10.8. The molecule has 1 aliphatic heterocycles. The smallest absolute Gasteiger partial charge is 0.0376 e. The fraction of sp³-hybridized carbons (Fsp3) is 0.200. The molecule has 1 N–H and O–H groups in total. The van der Waals surface area contributed by atoms with Gasteiger partial charge in [-0.05, 0) is 35.7 Å². The molecule has 2 heteroatoms. The Morgan fingerprint density at radius 2 is 1.82 bits per heavy atom. The van der Waals surface area contributed by atoms with Crippen LogP contribution in [0.5, 0.6) is 0 Å². The number of nitrogens with one attached hydrogen (secondary N) is 1. The zero-order chi connectivity index (χ0) is 11.7. The van der Waals surface area contributed by atoms with Crippen LogP contribution in [0.1, 0.15) is 17.0 Å². The Morgan fingerprint density at radius 1 is 1.06 bits per heavy atom. The van der Waals surface area contributed by atoms with Crippen molar-refractivity contribution in [2.24, 2.45) is 0 Å². The van der Waals surface area contributed by atoms with Gasteiger partial charge in [0.25, 0.3) is 0 Å². The third-order valence-electron chi connectivity index (χ3n) is 3.33. The van der Waals surface area contributed by atoms with Gasteiger partial charge in [0.2, 0.25) is 0 Å². The van der Waals surface area contributed by atoms with Crippen molar-refractivity contribution < 1.29 is 0 Å². The maximum absolute atomic E-state index is 3.47. The van der Waals surface area contributed by atoms with Crippen molar-refractivity contribution in [1.29, 1.82) is 0 Å². The number of para-hydroxylation sites is 1. The van der Waals surface area contributed by atoms with Gasteiger partial charge in [0.1, 0.15) is 0 Å². The van der Waals surface area contributed by atoms with Crippen molar-refractivity contribution in [1.82, 2.24) is 0 Å². The molecule has 0 aliphatic carbocycles. The van der Waals surface area contributed by atoms with E-state index in [4.69, 9.17) is 0 Å². The second-order valence-electron chi connectivity index (χ2n) is 4.50. The average Bonchev–Trinajstić information content (AvgIpc) is 2.76. The molecule has 0 aromatic heterocycles. The summed E-state index contributed by atoms with van der Waals surface area (Å²) in [5, 5.41) is 3.47. The van der Waals surface area contributed by atoms with Crippen LogP contribution in [0.2, 0.25) is 0 Å². The van der Waals surface area contributed by atoms with Gasteiger partial charge in [0, 0.05) is 22.6 Å². The summed E-state index contributed by atoms with van der Waals surface area (Å²) in [6.45, 7) is 1.05. The van der Waals surface area contributed by atoms with Gasteiger partial charge in [-0.2, -0.15) is 0 Å². The molecule has 2 aromatic carbocycles. The summed E-state index contributed by atoms with van der Waals surface area (Å²) in [4.78, 5) is 0. The van der Waals surface area contributed by atoms with E-state index in [0.717, 1.165) is 17.4 Å². The normalized spacial score (nSPS) is 17.6. The summed E-state index contributed by atoms with van der Waals surface area (Å²) in [5.74, 6) is 0.604. The molecule has 1 nitrogen and oxygen atoms in total. The molecule has 0 fully saturated rings. The maximum Gasteiger partial charge on any atom is 0.0376 e. The van der Waals surface area contributed by atoms with Gasteiger partial charge < -0.3 is 5.32 Å². The number of benzene rings is 2. The summed E-state index contributed by atoms with van der Waals surface area (Å²) in [7, 11) is 0. The maximum atomic E-state index is 3.47. The summed E-state index contributed by atoms with van der Waals surface area (Å²) >= 11 is 3.47. The van der Waals surface area contributed by atoms with Gasteiger partial charge in [-0.1, -0.05) is 46.3 Å². The number of rotatable bonds is 2. The predicted octanol–water partition coefficient (Wildman–Crippen LogP) is 4.20. The topological polar surface area (TPSA) is 12.0 Å². The third-order valence-corrected chi connectivity index (χ3v) is 3.86. The number of anilines is 1. The molecular weight excluding hydrogens is 274 g/mol. The molecule has 1 heterocycles. The number of hydrogen-bond donors (Lipinski definition) is 1. The Hall–Kier alpha value is -1.28. The van der Waals surface area contributed by atoms with Crippen molar-refractivity contribution in [2.45, 2.75) is 12.3 Å². The summed E-state index contributed by atoms with van der Waals surface area (Å²) in [6, 6.07) is 17.2. The van der Waals surface area contributed by atoms with Crippen molar-refractivity contribution in [3.8, 4) is 0 Å². The van der Waals surface area contributed by atoms with Crippen molar-refractivity contribution >= 4 is 21.6 Å². The average molecular weight is 288 g/mol. The molecule has 2 aromatic rings. The van der Waals surface area contributed by atoms with E-state index in [9.17, 15) is 0 Å². The molecular formula is C15H14BrN. The Kier molecular flexibility index (Phi) is 2.89. The van der Waals surface area contributed by atoms with E-state index in [2.05, 4.69) is 69.8 Å². The zero-order valence-corrected chi connectivity index (χ0v) is 11.1. The van der Waals surface area contributed by atoms with Gasteiger partial charge >= 0.3 is 0 Å². The van der Waals surface area contributed by atoms with Crippen molar-refractivity contribution in [3.05, 3.63) is 64.1 Å². The van der Waals surface area contributed by atoms with E-state index >= 15 is 0 Å². The Balaban J connectivity index is 1.81. The molecule has 0 amide bonds. The molecule has 86 valence electrons. The lowest BCUT2D eigenvalue weighted by atomic mass is 9.94.